The highest BCUT2D eigenvalue weighted by Crippen LogP contribution is 2.65. The summed E-state index contributed by atoms with van der Waals surface area (Å²) in [6.07, 6.45) is 11.6. The molecule has 0 aromatic rings. The Hall–Kier alpha value is -0.0800. The molecule has 4 saturated carbocycles. The molecule has 0 amide bonds. The van der Waals surface area contributed by atoms with Gasteiger partial charge < -0.3 is 10.1 Å². The standard InChI is InChI=1S/C17H29NO/c1-2-19-17(3-5-18-6-4-17)16-10-13-7-14(11-16)9-15(8-13)12-16/h13-15,18H,2-12H2,1H3. The van der Waals surface area contributed by atoms with E-state index in [2.05, 4.69) is 12.2 Å². The summed E-state index contributed by atoms with van der Waals surface area (Å²) in [5, 5.41) is 3.55. The molecule has 5 rings (SSSR count). The minimum absolute atomic E-state index is 0.225. The van der Waals surface area contributed by atoms with Crippen LogP contribution in [0.4, 0.5) is 0 Å². The average Bonchev–Trinajstić information content (AvgIpc) is 2.38. The number of ether oxygens (including phenoxy) is 1. The Morgan fingerprint density at radius 3 is 1.95 bits per heavy atom. The maximum absolute atomic E-state index is 6.52. The maximum Gasteiger partial charge on any atom is 0.0762 e. The molecule has 1 aliphatic heterocycles. The molecule has 0 unspecified atom stereocenters. The second kappa shape index (κ2) is 4.46. The molecular formula is C17H29NO. The second-order valence-electron chi connectivity index (χ2n) is 7.88. The number of hydrogen-bond acceptors (Lipinski definition) is 2. The smallest absolute Gasteiger partial charge is 0.0762 e. The minimum Gasteiger partial charge on any atom is -0.375 e. The van der Waals surface area contributed by atoms with E-state index >= 15 is 0 Å². The van der Waals surface area contributed by atoms with E-state index in [1.807, 2.05) is 0 Å². The predicted molar refractivity (Wildman–Crippen MR) is 77.1 cm³/mol. The van der Waals surface area contributed by atoms with Crippen molar-refractivity contribution in [2.45, 2.75) is 63.9 Å². The molecule has 1 saturated heterocycles. The van der Waals surface area contributed by atoms with Crippen LogP contribution in [0.3, 0.4) is 0 Å². The molecule has 0 atom stereocenters. The van der Waals surface area contributed by atoms with Crippen LogP contribution >= 0.6 is 0 Å². The minimum atomic E-state index is 0.225. The van der Waals surface area contributed by atoms with Crippen LogP contribution in [0.2, 0.25) is 0 Å². The molecule has 0 aromatic heterocycles. The monoisotopic (exact) mass is 263 g/mol. The third-order valence-electron chi connectivity index (χ3n) is 6.84. The van der Waals surface area contributed by atoms with Gasteiger partial charge in [-0.1, -0.05) is 0 Å². The van der Waals surface area contributed by atoms with Gasteiger partial charge >= 0.3 is 0 Å². The number of rotatable bonds is 3. The van der Waals surface area contributed by atoms with Crippen LogP contribution in [0, 0.1) is 23.2 Å². The summed E-state index contributed by atoms with van der Waals surface area (Å²) in [6, 6.07) is 0. The lowest BCUT2D eigenvalue weighted by atomic mass is 9.44. The maximum atomic E-state index is 6.52. The lowest BCUT2D eigenvalue weighted by molar-refractivity contribution is -0.213. The Morgan fingerprint density at radius 1 is 0.947 bits per heavy atom. The van der Waals surface area contributed by atoms with Gasteiger partial charge in [-0.3, -0.25) is 0 Å². The van der Waals surface area contributed by atoms with Crippen molar-refractivity contribution in [2.75, 3.05) is 19.7 Å². The van der Waals surface area contributed by atoms with Crippen molar-refractivity contribution in [3.63, 3.8) is 0 Å². The zero-order valence-electron chi connectivity index (χ0n) is 12.4. The van der Waals surface area contributed by atoms with E-state index in [9.17, 15) is 0 Å². The summed E-state index contributed by atoms with van der Waals surface area (Å²) in [4.78, 5) is 0. The van der Waals surface area contributed by atoms with Crippen LogP contribution < -0.4 is 5.32 Å². The Balaban J connectivity index is 1.67. The van der Waals surface area contributed by atoms with E-state index in [-0.39, 0.29) is 5.60 Å². The van der Waals surface area contributed by atoms with E-state index in [1.165, 1.54) is 45.2 Å². The molecule has 4 bridgehead atoms. The van der Waals surface area contributed by atoms with Crippen LogP contribution in [0.25, 0.3) is 0 Å². The highest BCUT2D eigenvalue weighted by molar-refractivity contribution is 5.11. The van der Waals surface area contributed by atoms with Crippen LogP contribution in [-0.2, 0) is 4.74 Å². The predicted octanol–water partition coefficient (Wildman–Crippen LogP) is 3.36. The van der Waals surface area contributed by atoms with Gasteiger partial charge in [-0.25, -0.2) is 0 Å². The Labute approximate surface area is 117 Å². The van der Waals surface area contributed by atoms with Crippen LogP contribution in [0.5, 0.6) is 0 Å². The lowest BCUT2D eigenvalue weighted by Crippen LogP contribution is -2.62. The first-order chi connectivity index (χ1) is 9.25. The number of piperidine rings is 1. The Morgan fingerprint density at radius 2 is 1.47 bits per heavy atom. The molecule has 5 aliphatic rings. The van der Waals surface area contributed by atoms with E-state index in [4.69, 9.17) is 4.74 Å². The summed E-state index contributed by atoms with van der Waals surface area (Å²) in [5.41, 5.74) is 0.781. The largest absolute Gasteiger partial charge is 0.375 e. The highest BCUT2D eigenvalue weighted by atomic mass is 16.5. The van der Waals surface area contributed by atoms with Crippen molar-refractivity contribution in [3.05, 3.63) is 0 Å². The van der Waals surface area contributed by atoms with Crippen LogP contribution in [0.1, 0.15) is 58.3 Å². The van der Waals surface area contributed by atoms with E-state index < -0.39 is 0 Å². The fourth-order valence-electron chi connectivity index (χ4n) is 6.60. The zero-order valence-corrected chi connectivity index (χ0v) is 12.4. The molecule has 2 nitrogen and oxygen atoms in total. The summed E-state index contributed by atoms with van der Waals surface area (Å²) in [7, 11) is 0. The van der Waals surface area contributed by atoms with E-state index in [0.29, 0.717) is 5.41 Å². The molecule has 0 aromatic carbocycles. The zero-order chi connectivity index (χ0) is 12.9. The van der Waals surface area contributed by atoms with Crippen molar-refractivity contribution in [3.8, 4) is 0 Å². The fourth-order valence-corrected chi connectivity index (χ4v) is 6.60. The fraction of sp³-hybridized carbons (Fsp3) is 1.00. The van der Waals surface area contributed by atoms with Crippen molar-refractivity contribution in [2.24, 2.45) is 23.2 Å². The molecule has 108 valence electrons. The third-order valence-corrected chi connectivity index (χ3v) is 6.84. The molecule has 4 aliphatic carbocycles. The van der Waals surface area contributed by atoms with E-state index in [0.717, 1.165) is 24.4 Å². The molecule has 0 radical (unpaired) electrons. The van der Waals surface area contributed by atoms with Gasteiger partial charge in [0.2, 0.25) is 0 Å². The van der Waals surface area contributed by atoms with Gasteiger partial charge in [0, 0.05) is 12.0 Å². The third kappa shape index (κ3) is 1.82. The number of hydrogen-bond donors (Lipinski definition) is 1. The lowest BCUT2D eigenvalue weighted by Gasteiger charge is -2.64. The van der Waals surface area contributed by atoms with Crippen LogP contribution in [0.15, 0.2) is 0 Å². The molecule has 1 heterocycles. The van der Waals surface area contributed by atoms with E-state index in [1.54, 1.807) is 19.3 Å². The molecular weight excluding hydrogens is 234 g/mol. The first kappa shape index (κ1) is 12.6. The van der Waals surface area contributed by atoms with Gasteiger partial charge in [-0.15, -0.1) is 0 Å². The van der Waals surface area contributed by atoms with Gasteiger partial charge in [0.15, 0.2) is 0 Å². The van der Waals surface area contributed by atoms with Crippen molar-refractivity contribution < 1.29 is 4.74 Å². The average molecular weight is 263 g/mol. The molecule has 19 heavy (non-hydrogen) atoms. The van der Waals surface area contributed by atoms with Crippen molar-refractivity contribution in [1.29, 1.82) is 0 Å². The Bertz CT molecular complexity index is 304. The molecule has 5 fully saturated rings. The summed E-state index contributed by atoms with van der Waals surface area (Å²) >= 11 is 0. The number of nitrogens with one attached hydrogen (secondary N) is 1. The van der Waals surface area contributed by atoms with Crippen molar-refractivity contribution >= 4 is 0 Å². The second-order valence-corrected chi connectivity index (χ2v) is 7.88. The van der Waals surface area contributed by atoms with Gasteiger partial charge in [-0.05, 0) is 89.1 Å². The highest BCUT2D eigenvalue weighted by Gasteiger charge is 2.60. The normalized spacial score (nSPS) is 47.5. The van der Waals surface area contributed by atoms with Gasteiger partial charge in [0.05, 0.1) is 5.60 Å². The quantitative estimate of drug-likeness (QED) is 0.843. The van der Waals surface area contributed by atoms with Gasteiger partial charge in [0.25, 0.3) is 0 Å². The summed E-state index contributed by atoms with van der Waals surface area (Å²) < 4.78 is 6.52. The van der Waals surface area contributed by atoms with Gasteiger partial charge in [0.1, 0.15) is 0 Å². The SMILES string of the molecule is CCOC1(C23CC4CC(CC(C4)C2)C3)CCNCC1. The van der Waals surface area contributed by atoms with Crippen LogP contribution in [-0.4, -0.2) is 25.3 Å². The van der Waals surface area contributed by atoms with Crippen molar-refractivity contribution in [1.82, 2.24) is 5.32 Å². The first-order valence-electron chi connectivity index (χ1n) is 8.60. The molecule has 2 heteroatoms. The topological polar surface area (TPSA) is 21.3 Å². The Kier molecular flexibility index (Phi) is 2.97. The molecule has 0 spiro atoms. The molecule has 1 N–H and O–H groups in total. The first-order valence-corrected chi connectivity index (χ1v) is 8.60. The summed E-state index contributed by atoms with van der Waals surface area (Å²) in [6.45, 7) is 5.44. The van der Waals surface area contributed by atoms with Gasteiger partial charge in [-0.2, -0.15) is 0 Å². The summed E-state index contributed by atoms with van der Waals surface area (Å²) in [5.74, 6) is 3.12.